The summed E-state index contributed by atoms with van der Waals surface area (Å²) in [5.74, 6) is 0.899. The lowest BCUT2D eigenvalue weighted by molar-refractivity contribution is 0.257. The molecule has 0 aliphatic carbocycles. The molecule has 0 amide bonds. The molecule has 3 rings (SSSR count). The van der Waals surface area contributed by atoms with Gasteiger partial charge in [-0.25, -0.2) is 0 Å². The Morgan fingerprint density at radius 1 is 0.500 bits per heavy atom. The van der Waals surface area contributed by atoms with Crippen molar-refractivity contribution < 1.29 is 18.0 Å². The molecule has 0 aliphatic heterocycles. The maximum absolute atomic E-state index is 7.09. The maximum atomic E-state index is 7.09. The number of anilines is 1. The van der Waals surface area contributed by atoms with Crippen LogP contribution >= 0.6 is 0 Å². The highest BCUT2D eigenvalue weighted by atomic mass is 28.4. The van der Waals surface area contributed by atoms with Gasteiger partial charge in [0.25, 0.3) is 8.32 Å². The van der Waals surface area contributed by atoms with Crippen molar-refractivity contribution in [2.24, 2.45) is 0 Å². The van der Waals surface area contributed by atoms with E-state index >= 15 is 0 Å². The monoisotopic (exact) mass is 735 g/mol. The third-order valence-corrected chi connectivity index (χ3v) is 25.1. The molecule has 5 nitrogen and oxygen atoms in total. The zero-order valence-corrected chi connectivity index (χ0v) is 36.8. The fraction of sp³-hybridized carbons (Fsp3) is 0.571. The van der Waals surface area contributed by atoms with Crippen LogP contribution in [0, 0.1) is 0 Å². The van der Waals surface area contributed by atoms with E-state index in [1.807, 2.05) is 0 Å². The van der Waals surface area contributed by atoms with E-state index in [9.17, 15) is 0 Å². The Labute approximate surface area is 309 Å². The van der Waals surface area contributed by atoms with Gasteiger partial charge in [-0.2, -0.15) is 0 Å². The van der Waals surface area contributed by atoms with Crippen LogP contribution in [0.3, 0.4) is 0 Å². The van der Waals surface area contributed by atoms with Crippen LogP contribution < -0.4 is 20.0 Å². The first-order chi connectivity index (χ1) is 23.2. The number of nitrogens with zero attached hydrogens (tertiary/aromatic N) is 1. The van der Waals surface area contributed by atoms with Crippen LogP contribution in [0.4, 0.5) is 5.69 Å². The summed E-state index contributed by atoms with van der Waals surface area (Å²) >= 11 is 0. The summed E-state index contributed by atoms with van der Waals surface area (Å²) in [6.07, 6.45) is 1.86. The molecule has 0 N–H and O–H groups in total. The molecule has 0 aromatic heterocycles. The Hall–Kier alpha value is -2.21. The van der Waals surface area contributed by atoms with Gasteiger partial charge in [0.1, 0.15) is 5.75 Å². The zero-order chi connectivity index (χ0) is 37.3. The van der Waals surface area contributed by atoms with Crippen LogP contribution in [0.2, 0.25) is 41.3 Å². The second-order valence-electron chi connectivity index (χ2n) is 17.8. The number of hydrogen-bond donors (Lipinski definition) is 0. The molecule has 0 bridgehead atoms. The van der Waals surface area contributed by atoms with E-state index in [2.05, 4.69) is 178 Å². The first-order valence-electron chi connectivity index (χ1n) is 18.7. The van der Waals surface area contributed by atoms with E-state index in [1.165, 1.54) is 10.4 Å². The van der Waals surface area contributed by atoms with Crippen molar-refractivity contribution in [2.75, 3.05) is 44.4 Å². The van der Waals surface area contributed by atoms with E-state index in [4.69, 9.17) is 18.0 Å². The number of rotatable bonds is 18. The standard InChI is InChI=1S/C42H69NO4Si3/c1-40(2,3)48(10,11)45-33-29-43(30-34-46-49(12,13)41(4,5)6)36-23-22-24-37(35-36)44-31-20-21-32-47-50(42(7,8)9,38-25-16-14-17-26-38)39-27-18-15-19-28-39/h14-19,22-28,35H,20-21,29-34H2,1-13H3. The second-order valence-corrected chi connectivity index (χ2v) is 31.7. The third-order valence-electron chi connectivity index (χ3n) is 11.0. The van der Waals surface area contributed by atoms with Crippen molar-refractivity contribution in [1.29, 1.82) is 0 Å². The summed E-state index contributed by atoms with van der Waals surface area (Å²) < 4.78 is 26.7. The Morgan fingerprint density at radius 2 is 0.960 bits per heavy atom. The predicted octanol–water partition coefficient (Wildman–Crippen LogP) is 10.3. The average molecular weight is 736 g/mol. The van der Waals surface area contributed by atoms with Crippen molar-refractivity contribution in [1.82, 2.24) is 0 Å². The minimum Gasteiger partial charge on any atom is -0.494 e. The highest BCUT2D eigenvalue weighted by molar-refractivity contribution is 6.99. The van der Waals surface area contributed by atoms with Crippen molar-refractivity contribution in [2.45, 2.75) is 116 Å². The number of ether oxygens (including phenoxy) is 1. The molecule has 0 saturated carbocycles. The molecule has 50 heavy (non-hydrogen) atoms. The van der Waals surface area contributed by atoms with E-state index in [1.54, 1.807) is 0 Å². The SMILES string of the molecule is CC(C)(C)[Si](C)(C)OCCN(CCO[Si](C)(C)C(C)(C)C)c1cccc(OCCCCO[Si](c2ccccc2)(c2ccccc2)C(C)(C)C)c1. The van der Waals surface area contributed by atoms with Gasteiger partial charge < -0.3 is 22.9 Å². The number of hydrogen-bond acceptors (Lipinski definition) is 5. The smallest absolute Gasteiger partial charge is 0.261 e. The topological polar surface area (TPSA) is 40.2 Å². The van der Waals surface area contributed by atoms with Gasteiger partial charge in [0, 0.05) is 31.5 Å². The lowest BCUT2D eigenvalue weighted by Gasteiger charge is -2.43. The number of unbranched alkanes of at least 4 members (excludes halogenated alkanes) is 1. The molecule has 0 atom stereocenters. The molecule has 3 aromatic carbocycles. The van der Waals surface area contributed by atoms with Crippen LogP contribution in [-0.2, 0) is 13.3 Å². The molecule has 0 saturated heterocycles. The van der Waals surface area contributed by atoms with Crippen LogP contribution in [0.15, 0.2) is 84.9 Å². The molecule has 0 spiro atoms. The molecule has 0 aliphatic rings. The van der Waals surface area contributed by atoms with Gasteiger partial charge in [0.05, 0.1) is 19.8 Å². The van der Waals surface area contributed by atoms with E-state index in [0.29, 0.717) is 26.4 Å². The largest absolute Gasteiger partial charge is 0.494 e. The van der Waals surface area contributed by atoms with Crippen molar-refractivity contribution >= 4 is 41.0 Å². The number of benzene rings is 3. The predicted molar refractivity (Wildman–Crippen MR) is 223 cm³/mol. The van der Waals surface area contributed by atoms with Gasteiger partial charge in [-0.1, -0.05) is 129 Å². The van der Waals surface area contributed by atoms with Crippen molar-refractivity contribution in [3.63, 3.8) is 0 Å². The zero-order valence-electron chi connectivity index (χ0n) is 33.8. The summed E-state index contributed by atoms with van der Waals surface area (Å²) in [4.78, 5) is 2.41. The fourth-order valence-electron chi connectivity index (χ4n) is 5.78. The highest BCUT2D eigenvalue weighted by Gasteiger charge is 2.50. The third kappa shape index (κ3) is 11.1. The van der Waals surface area contributed by atoms with Gasteiger partial charge in [-0.3, -0.25) is 0 Å². The summed E-state index contributed by atoms with van der Waals surface area (Å²) in [7, 11) is -6.21. The Bertz CT molecular complexity index is 1360. The molecule has 0 fully saturated rings. The minimum atomic E-state index is -2.52. The molecule has 8 heteroatoms. The van der Waals surface area contributed by atoms with Gasteiger partial charge >= 0.3 is 0 Å². The lowest BCUT2D eigenvalue weighted by atomic mass is 10.2. The maximum Gasteiger partial charge on any atom is 0.261 e. The highest BCUT2D eigenvalue weighted by Crippen LogP contribution is 2.38. The molecular weight excluding hydrogens is 667 g/mol. The Kier molecular flexibility index (Phi) is 14.8. The van der Waals surface area contributed by atoms with Gasteiger partial charge in [0.2, 0.25) is 0 Å². The minimum absolute atomic E-state index is 0.0238. The van der Waals surface area contributed by atoms with Gasteiger partial charge in [0.15, 0.2) is 16.6 Å². The van der Waals surface area contributed by atoms with Crippen molar-refractivity contribution in [3.05, 3.63) is 84.9 Å². The first kappa shape index (κ1) is 42.2. The normalized spacial score (nSPS) is 13.4. The average Bonchev–Trinajstić information content (AvgIpc) is 3.03. The lowest BCUT2D eigenvalue weighted by Crippen LogP contribution is -2.66. The van der Waals surface area contributed by atoms with Crippen LogP contribution in [-0.4, -0.2) is 64.5 Å². The Balaban J connectivity index is 1.66. The van der Waals surface area contributed by atoms with Crippen LogP contribution in [0.1, 0.15) is 75.2 Å². The molecule has 0 heterocycles. The van der Waals surface area contributed by atoms with Gasteiger partial charge in [-0.05, 0) is 76.7 Å². The van der Waals surface area contributed by atoms with E-state index < -0.39 is 25.0 Å². The van der Waals surface area contributed by atoms with E-state index in [0.717, 1.165) is 37.4 Å². The Morgan fingerprint density at radius 3 is 1.40 bits per heavy atom. The molecular formula is C42H69NO4Si3. The first-order valence-corrected chi connectivity index (χ1v) is 26.4. The van der Waals surface area contributed by atoms with Crippen LogP contribution in [0.25, 0.3) is 0 Å². The molecule has 3 aromatic rings. The van der Waals surface area contributed by atoms with Crippen molar-refractivity contribution in [3.8, 4) is 5.75 Å². The fourth-order valence-corrected chi connectivity index (χ4v) is 12.5. The van der Waals surface area contributed by atoms with Crippen LogP contribution in [0.5, 0.6) is 5.75 Å². The van der Waals surface area contributed by atoms with E-state index in [-0.39, 0.29) is 15.1 Å². The van der Waals surface area contributed by atoms with Gasteiger partial charge in [-0.15, -0.1) is 0 Å². The molecule has 0 unspecified atom stereocenters. The molecule has 0 radical (unpaired) electrons. The summed E-state index contributed by atoms with van der Waals surface area (Å²) in [6.45, 7) is 34.5. The quantitative estimate of drug-likeness (QED) is 0.0961. The summed E-state index contributed by atoms with van der Waals surface area (Å²) in [5, 5.41) is 2.98. The molecule has 278 valence electrons. The second kappa shape index (κ2) is 17.5. The summed E-state index contributed by atoms with van der Waals surface area (Å²) in [5.41, 5.74) is 1.15. The summed E-state index contributed by atoms with van der Waals surface area (Å²) in [6, 6.07) is 30.3.